The van der Waals surface area contributed by atoms with Gasteiger partial charge in [-0.25, -0.2) is 0 Å². The summed E-state index contributed by atoms with van der Waals surface area (Å²) in [6.07, 6.45) is 0.866. The predicted octanol–water partition coefficient (Wildman–Crippen LogP) is -0.0773. The van der Waals surface area contributed by atoms with Gasteiger partial charge in [0.05, 0.1) is 6.54 Å². The van der Waals surface area contributed by atoms with Crippen LogP contribution in [0.1, 0.15) is 20.3 Å². The SMILES string of the molecule is CCCN(CC(=O)NCCN(C)C)C(C)=O. The molecule has 0 unspecified atom stereocenters. The van der Waals surface area contributed by atoms with Crippen LogP contribution < -0.4 is 5.32 Å². The van der Waals surface area contributed by atoms with E-state index in [1.807, 2.05) is 25.9 Å². The van der Waals surface area contributed by atoms with Crippen LogP contribution in [-0.2, 0) is 9.59 Å². The minimum Gasteiger partial charge on any atom is -0.353 e. The van der Waals surface area contributed by atoms with E-state index in [4.69, 9.17) is 0 Å². The first-order chi connectivity index (χ1) is 7.47. The van der Waals surface area contributed by atoms with E-state index >= 15 is 0 Å². The van der Waals surface area contributed by atoms with E-state index in [-0.39, 0.29) is 18.4 Å². The van der Waals surface area contributed by atoms with Crippen molar-refractivity contribution < 1.29 is 9.59 Å². The Balaban J connectivity index is 3.86. The highest BCUT2D eigenvalue weighted by molar-refractivity contribution is 5.83. The smallest absolute Gasteiger partial charge is 0.239 e. The van der Waals surface area contributed by atoms with E-state index in [9.17, 15) is 9.59 Å². The zero-order valence-electron chi connectivity index (χ0n) is 10.7. The van der Waals surface area contributed by atoms with Crippen LogP contribution in [0.25, 0.3) is 0 Å². The maximum absolute atomic E-state index is 11.5. The molecule has 0 spiro atoms. The Morgan fingerprint density at radius 1 is 1.19 bits per heavy atom. The summed E-state index contributed by atoms with van der Waals surface area (Å²) >= 11 is 0. The molecule has 0 aliphatic carbocycles. The van der Waals surface area contributed by atoms with E-state index in [0.29, 0.717) is 13.1 Å². The molecule has 0 bridgehead atoms. The van der Waals surface area contributed by atoms with Crippen molar-refractivity contribution in [1.29, 1.82) is 0 Å². The third-order valence-electron chi connectivity index (χ3n) is 2.15. The summed E-state index contributed by atoms with van der Waals surface area (Å²) in [7, 11) is 3.90. The van der Waals surface area contributed by atoms with Crippen molar-refractivity contribution >= 4 is 11.8 Å². The van der Waals surface area contributed by atoms with Gasteiger partial charge in [0.1, 0.15) is 0 Å². The molecular weight excluding hydrogens is 206 g/mol. The van der Waals surface area contributed by atoms with Crippen LogP contribution in [0.2, 0.25) is 0 Å². The van der Waals surface area contributed by atoms with Gasteiger partial charge in [-0.2, -0.15) is 0 Å². The summed E-state index contributed by atoms with van der Waals surface area (Å²) in [5.41, 5.74) is 0. The maximum Gasteiger partial charge on any atom is 0.239 e. The normalized spacial score (nSPS) is 10.3. The van der Waals surface area contributed by atoms with Crippen LogP contribution >= 0.6 is 0 Å². The lowest BCUT2D eigenvalue weighted by atomic mass is 10.4. The van der Waals surface area contributed by atoms with Crippen molar-refractivity contribution in [2.75, 3.05) is 40.3 Å². The van der Waals surface area contributed by atoms with Gasteiger partial charge in [0.2, 0.25) is 11.8 Å². The molecule has 0 aromatic heterocycles. The quantitative estimate of drug-likeness (QED) is 0.664. The van der Waals surface area contributed by atoms with Gasteiger partial charge in [0, 0.05) is 26.6 Å². The van der Waals surface area contributed by atoms with E-state index in [0.717, 1.165) is 13.0 Å². The fourth-order valence-corrected chi connectivity index (χ4v) is 1.27. The standard InChI is InChI=1S/C11H23N3O2/c1-5-7-14(10(2)15)9-11(16)12-6-8-13(3)4/h5-9H2,1-4H3,(H,12,16). The molecule has 0 aliphatic heterocycles. The third kappa shape index (κ3) is 7.23. The average molecular weight is 229 g/mol. The molecule has 0 atom stereocenters. The Hall–Kier alpha value is -1.10. The molecule has 0 fully saturated rings. The first kappa shape index (κ1) is 14.9. The topological polar surface area (TPSA) is 52.7 Å². The Labute approximate surface area is 97.8 Å². The predicted molar refractivity (Wildman–Crippen MR) is 64.1 cm³/mol. The molecule has 1 N–H and O–H groups in total. The number of carbonyl (C=O) groups is 2. The summed E-state index contributed by atoms with van der Waals surface area (Å²) in [6.45, 7) is 5.69. The monoisotopic (exact) mass is 229 g/mol. The van der Waals surface area contributed by atoms with Crippen molar-refractivity contribution in [2.45, 2.75) is 20.3 Å². The van der Waals surface area contributed by atoms with Gasteiger partial charge in [-0.3, -0.25) is 9.59 Å². The fourth-order valence-electron chi connectivity index (χ4n) is 1.27. The second kappa shape index (κ2) is 8.10. The summed E-state index contributed by atoms with van der Waals surface area (Å²) in [6, 6.07) is 0. The van der Waals surface area contributed by atoms with Gasteiger partial charge in [-0.1, -0.05) is 6.92 Å². The number of rotatable bonds is 7. The van der Waals surface area contributed by atoms with Gasteiger partial charge >= 0.3 is 0 Å². The Morgan fingerprint density at radius 2 is 1.81 bits per heavy atom. The van der Waals surface area contributed by atoms with Crippen LogP contribution in [0.3, 0.4) is 0 Å². The molecule has 5 nitrogen and oxygen atoms in total. The number of hydrogen-bond donors (Lipinski definition) is 1. The zero-order valence-corrected chi connectivity index (χ0v) is 10.7. The summed E-state index contributed by atoms with van der Waals surface area (Å²) in [4.78, 5) is 26.2. The van der Waals surface area contributed by atoms with E-state index in [2.05, 4.69) is 5.32 Å². The second-order valence-electron chi connectivity index (χ2n) is 4.09. The lowest BCUT2D eigenvalue weighted by molar-refractivity contribution is -0.134. The lowest BCUT2D eigenvalue weighted by Gasteiger charge is -2.20. The van der Waals surface area contributed by atoms with Crippen molar-refractivity contribution in [3.63, 3.8) is 0 Å². The lowest BCUT2D eigenvalue weighted by Crippen LogP contribution is -2.41. The number of amides is 2. The van der Waals surface area contributed by atoms with E-state index in [1.165, 1.54) is 6.92 Å². The number of hydrogen-bond acceptors (Lipinski definition) is 3. The van der Waals surface area contributed by atoms with E-state index < -0.39 is 0 Å². The summed E-state index contributed by atoms with van der Waals surface area (Å²) < 4.78 is 0. The Kier molecular flexibility index (Phi) is 7.54. The number of nitrogens with zero attached hydrogens (tertiary/aromatic N) is 2. The first-order valence-corrected chi connectivity index (χ1v) is 5.64. The second-order valence-corrected chi connectivity index (χ2v) is 4.09. The average Bonchev–Trinajstić information content (AvgIpc) is 2.16. The van der Waals surface area contributed by atoms with Crippen molar-refractivity contribution in [3.8, 4) is 0 Å². The molecule has 0 saturated carbocycles. The van der Waals surface area contributed by atoms with Crippen molar-refractivity contribution in [3.05, 3.63) is 0 Å². The molecule has 16 heavy (non-hydrogen) atoms. The van der Waals surface area contributed by atoms with Crippen LogP contribution in [0.5, 0.6) is 0 Å². The van der Waals surface area contributed by atoms with Gasteiger partial charge in [0.25, 0.3) is 0 Å². The molecule has 0 aromatic carbocycles. The number of carbonyl (C=O) groups excluding carboxylic acids is 2. The minimum absolute atomic E-state index is 0.0513. The molecule has 0 saturated heterocycles. The van der Waals surface area contributed by atoms with Gasteiger partial charge in [0.15, 0.2) is 0 Å². The molecule has 0 radical (unpaired) electrons. The van der Waals surface area contributed by atoms with Crippen LogP contribution in [-0.4, -0.2) is 61.9 Å². The summed E-state index contributed by atoms with van der Waals surface area (Å²) in [5.74, 6) is -0.143. The van der Waals surface area contributed by atoms with Crippen LogP contribution in [0.15, 0.2) is 0 Å². The van der Waals surface area contributed by atoms with E-state index in [1.54, 1.807) is 4.90 Å². The van der Waals surface area contributed by atoms with Gasteiger partial charge in [-0.15, -0.1) is 0 Å². The van der Waals surface area contributed by atoms with Crippen LogP contribution in [0, 0.1) is 0 Å². The highest BCUT2D eigenvalue weighted by Gasteiger charge is 2.11. The fraction of sp³-hybridized carbons (Fsp3) is 0.818. The third-order valence-corrected chi connectivity index (χ3v) is 2.15. The molecule has 0 aromatic rings. The first-order valence-electron chi connectivity index (χ1n) is 5.64. The maximum atomic E-state index is 11.5. The number of nitrogens with one attached hydrogen (secondary N) is 1. The Bertz CT molecular complexity index is 229. The van der Waals surface area contributed by atoms with Gasteiger partial charge < -0.3 is 15.1 Å². The minimum atomic E-state index is -0.0921. The molecule has 5 heteroatoms. The van der Waals surface area contributed by atoms with Crippen LogP contribution in [0.4, 0.5) is 0 Å². The zero-order chi connectivity index (χ0) is 12.6. The molecule has 0 heterocycles. The largest absolute Gasteiger partial charge is 0.353 e. The van der Waals surface area contributed by atoms with Crippen molar-refractivity contribution in [2.24, 2.45) is 0 Å². The number of likely N-dealkylation sites (N-methyl/N-ethyl adjacent to an activating group) is 1. The summed E-state index contributed by atoms with van der Waals surface area (Å²) in [5, 5.41) is 2.78. The molecule has 94 valence electrons. The highest BCUT2D eigenvalue weighted by Crippen LogP contribution is 1.91. The Morgan fingerprint density at radius 3 is 2.25 bits per heavy atom. The molecular formula is C11H23N3O2. The molecule has 2 amide bonds. The van der Waals surface area contributed by atoms with Gasteiger partial charge in [-0.05, 0) is 20.5 Å². The highest BCUT2D eigenvalue weighted by atomic mass is 16.2. The molecule has 0 rings (SSSR count). The molecule has 0 aliphatic rings. The van der Waals surface area contributed by atoms with Crippen molar-refractivity contribution in [1.82, 2.24) is 15.1 Å².